The lowest BCUT2D eigenvalue weighted by Crippen LogP contribution is -2.53. The molecule has 2 aliphatic rings. The monoisotopic (exact) mass is 225 g/mol. The van der Waals surface area contributed by atoms with E-state index in [9.17, 15) is 0 Å². The second-order valence-electron chi connectivity index (χ2n) is 5.52. The maximum absolute atomic E-state index is 5.74. The topological polar surface area (TPSA) is 32.5 Å². The van der Waals surface area contributed by atoms with Crippen molar-refractivity contribution in [2.45, 2.75) is 50.6 Å². The predicted molar refractivity (Wildman–Crippen MR) is 68.5 cm³/mol. The minimum atomic E-state index is 0.773. The fraction of sp³-hybridized carbons (Fsp3) is 1.00. The molecule has 2 rings (SSSR count). The third-order valence-corrected chi connectivity index (χ3v) is 4.24. The molecule has 2 saturated heterocycles. The molecule has 3 heteroatoms. The number of nitrogens with two attached hydrogens (primary N) is 1. The molecule has 0 radical (unpaired) electrons. The maximum Gasteiger partial charge on any atom is 0.0226 e. The first-order valence-electron chi connectivity index (χ1n) is 6.95. The molecule has 0 aromatic heterocycles. The summed E-state index contributed by atoms with van der Waals surface area (Å²) >= 11 is 0. The Morgan fingerprint density at radius 2 is 2.00 bits per heavy atom. The van der Waals surface area contributed by atoms with Gasteiger partial charge in [-0.25, -0.2) is 0 Å². The molecule has 3 nitrogen and oxygen atoms in total. The summed E-state index contributed by atoms with van der Waals surface area (Å²) in [5.74, 6) is 0. The van der Waals surface area contributed by atoms with Gasteiger partial charge >= 0.3 is 0 Å². The van der Waals surface area contributed by atoms with Crippen LogP contribution in [0.2, 0.25) is 0 Å². The van der Waals surface area contributed by atoms with Crippen LogP contribution in [0, 0.1) is 0 Å². The Kier molecular flexibility index (Phi) is 4.62. The Hall–Kier alpha value is -0.120. The molecule has 0 saturated carbocycles. The van der Waals surface area contributed by atoms with Crippen molar-refractivity contribution in [3.05, 3.63) is 0 Å². The number of piperidine rings is 2. The summed E-state index contributed by atoms with van der Waals surface area (Å²) in [5.41, 5.74) is 5.74. The van der Waals surface area contributed by atoms with Crippen molar-refractivity contribution < 1.29 is 0 Å². The zero-order valence-electron chi connectivity index (χ0n) is 10.7. The normalized spacial score (nSPS) is 34.1. The van der Waals surface area contributed by atoms with Crippen molar-refractivity contribution in [1.29, 1.82) is 0 Å². The van der Waals surface area contributed by atoms with Gasteiger partial charge in [0.25, 0.3) is 0 Å². The van der Waals surface area contributed by atoms with Gasteiger partial charge in [0.15, 0.2) is 0 Å². The Balaban J connectivity index is 1.93. The van der Waals surface area contributed by atoms with Crippen molar-refractivity contribution in [3.8, 4) is 0 Å². The van der Waals surface area contributed by atoms with Gasteiger partial charge in [-0.2, -0.15) is 0 Å². The molecule has 0 aromatic carbocycles. The molecule has 2 fully saturated rings. The lowest BCUT2D eigenvalue weighted by atomic mass is 9.94. The van der Waals surface area contributed by atoms with Crippen LogP contribution in [-0.2, 0) is 0 Å². The van der Waals surface area contributed by atoms with Crippen LogP contribution in [0.15, 0.2) is 0 Å². The quantitative estimate of drug-likeness (QED) is 0.785. The van der Waals surface area contributed by atoms with Gasteiger partial charge in [0, 0.05) is 18.6 Å². The molecule has 94 valence electrons. The molecular formula is C13H27N3. The summed E-state index contributed by atoms with van der Waals surface area (Å²) in [7, 11) is 2.26. The number of rotatable bonds is 3. The standard InChI is InChI=1S/C13H27N3/c1-15-9-4-6-13(11-15)16-10-3-2-5-12(16)7-8-14/h12-13H,2-11,14H2,1H3. The molecule has 0 spiro atoms. The highest BCUT2D eigenvalue weighted by molar-refractivity contribution is 4.86. The van der Waals surface area contributed by atoms with Crippen LogP contribution in [0.1, 0.15) is 38.5 Å². The lowest BCUT2D eigenvalue weighted by molar-refractivity contribution is 0.0477. The summed E-state index contributed by atoms with van der Waals surface area (Å²) in [5, 5.41) is 0. The van der Waals surface area contributed by atoms with Crippen LogP contribution < -0.4 is 5.73 Å². The summed E-state index contributed by atoms with van der Waals surface area (Å²) in [4.78, 5) is 5.26. The number of hydrogen-bond acceptors (Lipinski definition) is 3. The minimum absolute atomic E-state index is 0.773. The van der Waals surface area contributed by atoms with E-state index in [-0.39, 0.29) is 0 Å². The first-order valence-corrected chi connectivity index (χ1v) is 6.95. The SMILES string of the molecule is CN1CCCC(N2CCCCC2CCN)C1. The van der Waals surface area contributed by atoms with Gasteiger partial charge in [0.2, 0.25) is 0 Å². The average Bonchev–Trinajstić information content (AvgIpc) is 2.30. The highest BCUT2D eigenvalue weighted by Crippen LogP contribution is 2.25. The molecule has 16 heavy (non-hydrogen) atoms. The predicted octanol–water partition coefficient (Wildman–Crippen LogP) is 1.28. The fourth-order valence-electron chi connectivity index (χ4n) is 3.42. The third-order valence-electron chi connectivity index (χ3n) is 4.24. The van der Waals surface area contributed by atoms with Crippen molar-refractivity contribution in [3.63, 3.8) is 0 Å². The number of hydrogen-bond donors (Lipinski definition) is 1. The lowest BCUT2D eigenvalue weighted by Gasteiger charge is -2.44. The van der Waals surface area contributed by atoms with E-state index in [4.69, 9.17) is 5.73 Å². The molecule has 2 aliphatic heterocycles. The Labute approximate surface area is 100.0 Å². The highest BCUT2D eigenvalue weighted by atomic mass is 15.2. The molecule has 2 unspecified atom stereocenters. The van der Waals surface area contributed by atoms with Crippen molar-refractivity contribution in [1.82, 2.24) is 9.80 Å². The summed E-state index contributed by atoms with van der Waals surface area (Å²) in [6.07, 6.45) is 8.13. The van der Waals surface area contributed by atoms with Gasteiger partial charge in [-0.05, 0) is 58.8 Å². The Morgan fingerprint density at radius 3 is 2.75 bits per heavy atom. The van der Waals surface area contributed by atoms with E-state index >= 15 is 0 Å². The Morgan fingerprint density at radius 1 is 1.12 bits per heavy atom. The molecule has 2 heterocycles. The highest BCUT2D eigenvalue weighted by Gasteiger charge is 2.30. The molecule has 0 aromatic rings. The van der Waals surface area contributed by atoms with Gasteiger partial charge in [0.1, 0.15) is 0 Å². The molecule has 0 aliphatic carbocycles. The van der Waals surface area contributed by atoms with E-state index in [1.165, 1.54) is 58.2 Å². The number of likely N-dealkylation sites (tertiary alicyclic amines) is 2. The van der Waals surface area contributed by atoms with E-state index in [2.05, 4.69) is 16.8 Å². The first-order chi connectivity index (χ1) is 7.81. The van der Waals surface area contributed by atoms with E-state index < -0.39 is 0 Å². The van der Waals surface area contributed by atoms with Crippen LogP contribution in [0.25, 0.3) is 0 Å². The first kappa shape index (κ1) is 12.3. The molecular weight excluding hydrogens is 198 g/mol. The van der Waals surface area contributed by atoms with Crippen LogP contribution in [0.3, 0.4) is 0 Å². The maximum atomic E-state index is 5.74. The number of nitrogens with zero attached hydrogens (tertiary/aromatic N) is 2. The van der Waals surface area contributed by atoms with E-state index in [1.54, 1.807) is 0 Å². The van der Waals surface area contributed by atoms with Gasteiger partial charge in [0.05, 0.1) is 0 Å². The number of likely N-dealkylation sites (N-methyl/N-ethyl adjacent to an activating group) is 1. The fourth-order valence-corrected chi connectivity index (χ4v) is 3.42. The van der Waals surface area contributed by atoms with Crippen molar-refractivity contribution >= 4 is 0 Å². The van der Waals surface area contributed by atoms with E-state index in [1.807, 2.05) is 0 Å². The van der Waals surface area contributed by atoms with Crippen LogP contribution >= 0.6 is 0 Å². The largest absolute Gasteiger partial charge is 0.330 e. The summed E-state index contributed by atoms with van der Waals surface area (Å²) in [6, 6.07) is 1.57. The molecule has 0 amide bonds. The smallest absolute Gasteiger partial charge is 0.0226 e. The van der Waals surface area contributed by atoms with Gasteiger partial charge in [-0.1, -0.05) is 6.42 Å². The second kappa shape index (κ2) is 5.99. The van der Waals surface area contributed by atoms with Crippen LogP contribution in [-0.4, -0.2) is 55.1 Å². The summed E-state index contributed by atoms with van der Waals surface area (Å²) in [6.45, 7) is 4.71. The van der Waals surface area contributed by atoms with Crippen LogP contribution in [0.5, 0.6) is 0 Å². The molecule has 2 N–H and O–H groups in total. The third kappa shape index (κ3) is 2.96. The van der Waals surface area contributed by atoms with Gasteiger partial charge in [-0.15, -0.1) is 0 Å². The van der Waals surface area contributed by atoms with E-state index in [0.717, 1.165) is 18.6 Å². The van der Waals surface area contributed by atoms with Gasteiger partial charge in [-0.3, -0.25) is 4.90 Å². The minimum Gasteiger partial charge on any atom is -0.330 e. The van der Waals surface area contributed by atoms with Crippen molar-refractivity contribution in [2.75, 3.05) is 33.2 Å². The van der Waals surface area contributed by atoms with E-state index in [0.29, 0.717) is 0 Å². The summed E-state index contributed by atoms with van der Waals surface area (Å²) < 4.78 is 0. The van der Waals surface area contributed by atoms with Gasteiger partial charge < -0.3 is 10.6 Å². The van der Waals surface area contributed by atoms with Crippen molar-refractivity contribution in [2.24, 2.45) is 5.73 Å². The molecule has 2 atom stereocenters. The second-order valence-corrected chi connectivity index (χ2v) is 5.52. The Bertz CT molecular complexity index is 205. The average molecular weight is 225 g/mol. The zero-order valence-corrected chi connectivity index (χ0v) is 10.7. The van der Waals surface area contributed by atoms with Crippen LogP contribution in [0.4, 0.5) is 0 Å². The zero-order chi connectivity index (χ0) is 11.4. The molecule has 0 bridgehead atoms.